The lowest BCUT2D eigenvalue weighted by atomic mass is 9.96. The fourth-order valence-electron chi connectivity index (χ4n) is 2.63. The summed E-state index contributed by atoms with van der Waals surface area (Å²) in [5, 5.41) is 3.36. The van der Waals surface area contributed by atoms with E-state index < -0.39 is 0 Å². The summed E-state index contributed by atoms with van der Waals surface area (Å²) < 4.78 is 5.21. The molecule has 1 fully saturated rings. The molecule has 2 heterocycles. The van der Waals surface area contributed by atoms with Crippen LogP contribution < -0.4 is 15.0 Å². The smallest absolute Gasteiger partial charge is 0.214 e. The Kier molecular flexibility index (Phi) is 4.42. The molecule has 1 N–H and O–H groups in total. The third-order valence-corrected chi connectivity index (χ3v) is 3.79. The molecule has 2 unspecified atom stereocenters. The van der Waals surface area contributed by atoms with Gasteiger partial charge in [-0.1, -0.05) is 6.07 Å². The van der Waals surface area contributed by atoms with Crippen LogP contribution in [0.1, 0.15) is 26.2 Å². The first-order chi connectivity index (χ1) is 8.76. The van der Waals surface area contributed by atoms with Crippen LogP contribution in [0, 0.1) is 0 Å². The fourth-order valence-corrected chi connectivity index (χ4v) is 2.63. The van der Waals surface area contributed by atoms with E-state index in [2.05, 4.69) is 28.2 Å². The van der Waals surface area contributed by atoms with Crippen LogP contribution in [0.4, 0.5) is 5.82 Å². The molecule has 1 aromatic heterocycles. The van der Waals surface area contributed by atoms with Gasteiger partial charge in [-0.2, -0.15) is 4.98 Å². The summed E-state index contributed by atoms with van der Waals surface area (Å²) in [6, 6.07) is 6.96. The van der Waals surface area contributed by atoms with E-state index >= 15 is 0 Å². The summed E-state index contributed by atoms with van der Waals surface area (Å²) >= 11 is 0. The number of methoxy groups -OCH3 is 1. The van der Waals surface area contributed by atoms with Gasteiger partial charge in [-0.15, -0.1) is 0 Å². The van der Waals surface area contributed by atoms with Crippen LogP contribution in [0.3, 0.4) is 0 Å². The molecule has 0 spiro atoms. The number of likely N-dealkylation sites (N-methyl/N-ethyl adjacent to an activating group) is 1. The van der Waals surface area contributed by atoms with Crippen molar-refractivity contribution < 1.29 is 4.74 Å². The molecule has 0 radical (unpaired) electrons. The molecule has 0 saturated carbocycles. The third-order valence-electron chi connectivity index (χ3n) is 3.79. The van der Waals surface area contributed by atoms with Crippen molar-refractivity contribution in [3.05, 3.63) is 18.2 Å². The van der Waals surface area contributed by atoms with E-state index in [1.807, 2.05) is 19.2 Å². The number of rotatable bonds is 4. The van der Waals surface area contributed by atoms with E-state index in [9.17, 15) is 0 Å². The number of nitrogens with one attached hydrogen (secondary N) is 1. The second kappa shape index (κ2) is 6.05. The number of hydrogen-bond acceptors (Lipinski definition) is 4. The number of hydrogen-bond donors (Lipinski definition) is 1. The second-order valence-corrected chi connectivity index (χ2v) is 4.87. The molecule has 1 saturated heterocycles. The summed E-state index contributed by atoms with van der Waals surface area (Å²) in [5.74, 6) is 1.72. The summed E-state index contributed by atoms with van der Waals surface area (Å²) in [5.41, 5.74) is 0. The van der Waals surface area contributed by atoms with Gasteiger partial charge in [0.2, 0.25) is 5.88 Å². The number of pyridine rings is 1. The van der Waals surface area contributed by atoms with E-state index in [1.54, 1.807) is 7.11 Å². The van der Waals surface area contributed by atoms with Gasteiger partial charge in [-0.3, -0.25) is 0 Å². The summed E-state index contributed by atoms with van der Waals surface area (Å²) in [6.45, 7) is 3.32. The topological polar surface area (TPSA) is 37.4 Å². The van der Waals surface area contributed by atoms with Gasteiger partial charge in [-0.25, -0.2) is 0 Å². The lowest BCUT2D eigenvalue weighted by Gasteiger charge is -2.40. The second-order valence-electron chi connectivity index (χ2n) is 4.87. The summed E-state index contributed by atoms with van der Waals surface area (Å²) in [6.07, 6.45) is 3.77. The van der Waals surface area contributed by atoms with Gasteiger partial charge in [-0.05, 0) is 39.3 Å². The van der Waals surface area contributed by atoms with Gasteiger partial charge in [0.05, 0.1) is 7.11 Å². The largest absolute Gasteiger partial charge is 0.481 e. The highest BCUT2D eigenvalue weighted by molar-refractivity contribution is 5.42. The van der Waals surface area contributed by atoms with Crippen LogP contribution in [0.25, 0.3) is 0 Å². The molecule has 100 valence electrons. The molecule has 0 aliphatic carbocycles. The van der Waals surface area contributed by atoms with E-state index in [0.717, 1.165) is 12.4 Å². The van der Waals surface area contributed by atoms with E-state index in [0.29, 0.717) is 18.0 Å². The average Bonchev–Trinajstić information content (AvgIpc) is 2.46. The summed E-state index contributed by atoms with van der Waals surface area (Å²) in [7, 11) is 3.69. The van der Waals surface area contributed by atoms with Crippen LogP contribution in [-0.2, 0) is 0 Å². The van der Waals surface area contributed by atoms with Gasteiger partial charge in [0.25, 0.3) is 0 Å². The highest BCUT2D eigenvalue weighted by atomic mass is 16.5. The van der Waals surface area contributed by atoms with Crippen molar-refractivity contribution >= 4 is 5.82 Å². The SMILES string of the molecule is CNC(C)C1CCCCN1c1cccc(OC)n1. The third kappa shape index (κ3) is 2.75. The predicted molar refractivity (Wildman–Crippen MR) is 74.3 cm³/mol. The standard InChI is InChI=1S/C14H23N3O/c1-11(15-2)12-7-4-5-10-17(12)13-8-6-9-14(16-13)18-3/h6,8-9,11-12,15H,4-5,7,10H2,1-3H3. The van der Waals surface area contributed by atoms with E-state index in [-0.39, 0.29) is 0 Å². The number of ether oxygens (including phenoxy) is 1. The van der Waals surface area contributed by atoms with E-state index in [1.165, 1.54) is 19.3 Å². The quantitative estimate of drug-likeness (QED) is 0.886. The summed E-state index contributed by atoms with van der Waals surface area (Å²) in [4.78, 5) is 6.97. The Morgan fingerprint density at radius 2 is 2.28 bits per heavy atom. The van der Waals surface area contributed by atoms with Crippen LogP contribution in [0.15, 0.2) is 18.2 Å². The van der Waals surface area contributed by atoms with Gasteiger partial charge in [0.15, 0.2) is 0 Å². The van der Waals surface area contributed by atoms with Crippen molar-refractivity contribution in [1.82, 2.24) is 10.3 Å². The van der Waals surface area contributed by atoms with Gasteiger partial charge >= 0.3 is 0 Å². The van der Waals surface area contributed by atoms with Crippen molar-refractivity contribution in [2.24, 2.45) is 0 Å². The molecular weight excluding hydrogens is 226 g/mol. The lowest BCUT2D eigenvalue weighted by Crippen LogP contribution is -2.50. The minimum Gasteiger partial charge on any atom is -0.481 e. The van der Waals surface area contributed by atoms with Crippen LogP contribution in [-0.4, -0.2) is 37.8 Å². The molecule has 1 aliphatic heterocycles. The molecule has 0 amide bonds. The fraction of sp³-hybridized carbons (Fsp3) is 0.643. The van der Waals surface area contributed by atoms with Crippen molar-refractivity contribution in [2.75, 3.05) is 25.6 Å². The monoisotopic (exact) mass is 249 g/mol. The normalized spacial score (nSPS) is 21.7. The molecule has 4 nitrogen and oxygen atoms in total. The zero-order valence-corrected chi connectivity index (χ0v) is 11.5. The van der Waals surface area contributed by atoms with Crippen molar-refractivity contribution in [3.63, 3.8) is 0 Å². The predicted octanol–water partition coefficient (Wildman–Crippen LogP) is 2.06. The molecular formula is C14H23N3O. The van der Waals surface area contributed by atoms with Crippen molar-refractivity contribution in [1.29, 1.82) is 0 Å². The Bertz CT molecular complexity index is 383. The molecule has 18 heavy (non-hydrogen) atoms. The zero-order valence-electron chi connectivity index (χ0n) is 11.5. The zero-order chi connectivity index (χ0) is 13.0. The number of piperidine rings is 1. The number of aromatic nitrogens is 1. The highest BCUT2D eigenvalue weighted by Gasteiger charge is 2.27. The maximum Gasteiger partial charge on any atom is 0.214 e. The first-order valence-corrected chi connectivity index (χ1v) is 6.71. The molecule has 2 atom stereocenters. The van der Waals surface area contributed by atoms with Gasteiger partial charge in [0, 0.05) is 24.7 Å². The Labute approximate surface area is 109 Å². The lowest BCUT2D eigenvalue weighted by molar-refractivity contribution is 0.373. The number of nitrogens with zero attached hydrogens (tertiary/aromatic N) is 2. The first-order valence-electron chi connectivity index (χ1n) is 6.71. The molecule has 2 rings (SSSR count). The molecule has 1 aliphatic rings. The minimum atomic E-state index is 0.471. The minimum absolute atomic E-state index is 0.471. The van der Waals surface area contributed by atoms with Crippen LogP contribution in [0.5, 0.6) is 5.88 Å². The van der Waals surface area contributed by atoms with Crippen molar-refractivity contribution in [3.8, 4) is 5.88 Å². The highest BCUT2D eigenvalue weighted by Crippen LogP contribution is 2.26. The van der Waals surface area contributed by atoms with E-state index in [4.69, 9.17) is 4.74 Å². The van der Waals surface area contributed by atoms with Crippen LogP contribution >= 0.6 is 0 Å². The Hall–Kier alpha value is -1.29. The average molecular weight is 249 g/mol. The number of anilines is 1. The van der Waals surface area contributed by atoms with Crippen molar-refractivity contribution in [2.45, 2.75) is 38.3 Å². The Balaban J connectivity index is 2.21. The molecule has 4 heteroatoms. The van der Waals surface area contributed by atoms with Crippen LogP contribution in [0.2, 0.25) is 0 Å². The Morgan fingerprint density at radius 3 is 3.00 bits per heavy atom. The first kappa shape index (κ1) is 13.1. The van der Waals surface area contributed by atoms with Gasteiger partial charge < -0.3 is 15.0 Å². The maximum atomic E-state index is 5.21. The molecule has 0 aromatic carbocycles. The molecule has 0 bridgehead atoms. The van der Waals surface area contributed by atoms with Gasteiger partial charge in [0.1, 0.15) is 5.82 Å². The maximum absolute atomic E-state index is 5.21. The molecule has 1 aromatic rings. The Morgan fingerprint density at radius 1 is 1.44 bits per heavy atom.